The highest BCUT2D eigenvalue weighted by atomic mass is 32.2. The first-order chi connectivity index (χ1) is 13.7. The number of ether oxygens (including phenoxy) is 1. The lowest BCUT2D eigenvalue weighted by Gasteiger charge is -2.13. The Kier molecular flexibility index (Phi) is 6.18. The zero-order chi connectivity index (χ0) is 21.0. The molecule has 152 valence electrons. The molecule has 1 heterocycles. The fraction of sp³-hybridized carbons (Fsp3) is 0.167. The van der Waals surface area contributed by atoms with Gasteiger partial charge in [-0.1, -0.05) is 29.5 Å². The highest BCUT2D eigenvalue weighted by Crippen LogP contribution is 2.24. The molecule has 29 heavy (non-hydrogen) atoms. The lowest BCUT2D eigenvalue weighted by molar-refractivity contribution is -0.122. The van der Waals surface area contributed by atoms with Crippen molar-refractivity contribution in [2.75, 3.05) is 5.32 Å². The number of nitrogens with one attached hydrogen (secondary N) is 1. The van der Waals surface area contributed by atoms with Gasteiger partial charge in [-0.2, -0.15) is 0 Å². The van der Waals surface area contributed by atoms with Crippen molar-refractivity contribution in [2.24, 2.45) is 0 Å². The minimum atomic E-state index is -3.94. The Morgan fingerprint density at radius 2 is 1.83 bits per heavy atom. The van der Waals surface area contributed by atoms with Gasteiger partial charge >= 0.3 is 0 Å². The molecule has 1 N–H and O–H groups in total. The maximum atomic E-state index is 13.7. The monoisotopic (exact) mass is 439 g/mol. The Labute approximate surface area is 169 Å². The summed E-state index contributed by atoms with van der Waals surface area (Å²) in [7, 11) is -3.94. The van der Waals surface area contributed by atoms with E-state index < -0.39 is 39.2 Å². The number of rotatable bonds is 7. The Morgan fingerprint density at radius 3 is 2.52 bits per heavy atom. The molecule has 11 heteroatoms. The zero-order valence-corrected chi connectivity index (χ0v) is 16.6. The predicted molar refractivity (Wildman–Crippen MR) is 102 cm³/mol. The van der Waals surface area contributed by atoms with Gasteiger partial charge in [0, 0.05) is 5.56 Å². The van der Waals surface area contributed by atoms with Crippen molar-refractivity contribution in [3.63, 3.8) is 0 Å². The van der Waals surface area contributed by atoms with Crippen LogP contribution in [0.25, 0.3) is 0 Å². The summed E-state index contributed by atoms with van der Waals surface area (Å²) in [4.78, 5) is 12.2. The van der Waals surface area contributed by atoms with Crippen LogP contribution in [0.1, 0.15) is 12.5 Å². The molecule has 1 atom stereocenters. The number of amides is 1. The van der Waals surface area contributed by atoms with E-state index in [0.29, 0.717) is 17.1 Å². The number of carbonyl (C=O) groups excluding carboxylic acids is 1. The Morgan fingerprint density at radius 1 is 1.14 bits per heavy atom. The number of benzene rings is 2. The van der Waals surface area contributed by atoms with E-state index in [-0.39, 0.29) is 15.0 Å². The van der Waals surface area contributed by atoms with Crippen LogP contribution in [0.2, 0.25) is 0 Å². The molecular formula is C18H15F2N3O4S2. The molecule has 3 aromatic rings. The second kappa shape index (κ2) is 8.62. The maximum absolute atomic E-state index is 13.7. The van der Waals surface area contributed by atoms with Crippen LogP contribution in [0.15, 0.2) is 52.9 Å². The van der Waals surface area contributed by atoms with Crippen LogP contribution in [0, 0.1) is 11.6 Å². The maximum Gasteiger partial charge on any atom is 0.266 e. The predicted octanol–water partition coefficient (Wildman–Crippen LogP) is 3.20. The van der Waals surface area contributed by atoms with Crippen molar-refractivity contribution in [1.29, 1.82) is 0 Å². The van der Waals surface area contributed by atoms with Gasteiger partial charge in [-0.05, 0) is 37.3 Å². The van der Waals surface area contributed by atoms with Crippen LogP contribution in [0.5, 0.6) is 5.75 Å². The van der Waals surface area contributed by atoms with Crippen molar-refractivity contribution in [3.05, 3.63) is 65.7 Å². The number of halogens is 2. The minimum absolute atomic E-state index is 0.00889. The molecule has 2 aromatic carbocycles. The Balaban J connectivity index is 1.65. The molecule has 1 aromatic heterocycles. The van der Waals surface area contributed by atoms with E-state index >= 15 is 0 Å². The van der Waals surface area contributed by atoms with Crippen LogP contribution < -0.4 is 10.1 Å². The zero-order valence-electron chi connectivity index (χ0n) is 15.0. The molecule has 0 fully saturated rings. The highest BCUT2D eigenvalue weighted by Gasteiger charge is 2.24. The smallest absolute Gasteiger partial charge is 0.266 e. The van der Waals surface area contributed by atoms with Gasteiger partial charge in [0.05, 0.1) is 5.75 Å². The molecule has 0 unspecified atom stereocenters. The molecule has 0 spiro atoms. The van der Waals surface area contributed by atoms with Crippen molar-refractivity contribution in [1.82, 2.24) is 10.2 Å². The first-order valence-corrected chi connectivity index (χ1v) is 10.7. The average Bonchev–Trinajstić information content (AvgIpc) is 3.15. The number of hydrogen-bond acceptors (Lipinski definition) is 7. The van der Waals surface area contributed by atoms with Gasteiger partial charge < -0.3 is 4.74 Å². The summed E-state index contributed by atoms with van der Waals surface area (Å²) in [6.07, 6.45) is -0.956. The van der Waals surface area contributed by atoms with Crippen LogP contribution in [-0.4, -0.2) is 30.6 Å². The molecule has 0 aliphatic carbocycles. The first kappa shape index (κ1) is 20.8. The second-order valence-corrected chi connectivity index (χ2v) is 9.07. The summed E-state index contributed by atoms with van der Waals surface area (Å²) < 4.78 is 56.5. The van der Waals surface area contributed by atoms with Gasteiger partial charge in [0.25, 0.3) is 5.91 Å². The van der Waals surface area contributed by atoms with Gasteiger partial charge in [-0.15, -0.1) is 10.2 Å². The normalized spacial score (nSPS) is 12.4. The number of carbonyl (C=O) groups is 1. The molecule has 7 nitrogen and oxygen atoms in total. The quantitative estimate of drug-likeness (QED) is 0.568. The average molecular weight is 439 g/mol. The third-order valence-electron chi connectivity index (χ3n) is 3.70. The summed E-state index contributed by atoms with van der Waals surface area (Å²) in [5, 5.41) is 9.59. The lowest BCUT2D eigenvalue weighted by Crippen LogP contribution is -2.30. The molecule has 0 aliphatic rings. The lowest BCUT2D eigenvalue weighted by atomic mass is 10.2. The fourth-order valence-electron chi connectivity index (χ4n) is 2.25. The molecule has 0 saturated heterocycles. The van der Waals surface area contributed by atoms with E-state index in [4.69, 9.17) is 4.74 Å². The first-order valence-electron chi connectivity index (χ1n) is 8.27. The molecule has 0 radical (unpaired) electrons. The number of hydrogen-bond donors (Lipinski definition) is 1. The van der Waals surface area contributed by atoms with E-state index in [0.717, 1.165) is 0 Å². The number of aromatic nitrogens is 2. The number of anilines is 1. The number of sulfone groups is 1. The van der Waals surface area contributed by atoms with Crippen LogP contribution in [-0.2, 0) is 20.4 Å². The SMILES string of the molecule is C[C@@H](Oc1ccc(F)cc1)C(=O)Nc1nnc(S(=O)(=O)Cc2ccccc2F)s1. The van der Waals surface area contributed by atoms with E-state index in [2.05, 4.69) is 15.5 Å². The van der Waals surface area contributed by atoms with Gasteiger partial charge in [0.1, 0.15) is 17.4 Å². The molecule has 0 saturated carbocycles. The number of nitrogens with zero attached hydrogens (tertiary/aromatic N) is 2. The Hall–Kier alpha value is -2.92. The van der Waals surface area contributed by atoms with Crippen LogP contribution in [0.3, 0.4) is 0 Å². The molecular weight excluding hydrogens is 424 g/mol. The summed E-state index contributed by atoms with van der Waals surface area (Å²) >= 11 is 0.649. The van der Waals surface area contributed by atoms with Crippen LogP contribution in [0.4, 0.5) is 13.9 Å². The van der Waals surface area contributed by atoms with E-state index in [1.165, 1.54) is 55.5 Å². The highest BCUT2D eigenvalue weighted by molar-refractivity contribution is 7.92. The molecule has 1 amide bonds. The topological polar surface area (TPSA) is 98.2 Å². The van der Waals surface area contributed by atoms with E-state index in [9.17, 15) is 22.0 Å². The van der Waals surface area contributed by atoms with Gasteiger partial charge in [0.2, 0.25) is 19.3 Å². The van der Waals surface area contributed by atoms with Gasteiger partial charge in [0.15, 0.2) is 6.10 Å². The summed E-state index contributed by atoms with van der Waals surface area (Å²) in [5.41, 5.74) is 0.00889. The molecule has 0 bridgehead atoms. The standard InChI is InChI=1S/C18H15F2N3O4S2/c1-11(27-14-8-6-13(19)7-9-14)16(24)21-17-22-23-18(28-17)29(25,26)10-12-4-2-3-5-15(12)20/h2-9,11H,10H2,1H3,(H,21,22,24)/t11-/m1/s1. The van der Waals surface area contributed by atoms with E-state index in [1.807, 2.05) is 0 Å². The third-order valence-corrected chi connectivity index (χ3v) is 6.65. The molecule has 3 rings (SSSR count). The second-order valence-electron chi connectivity index (χ2n) is 5.93. The van der Waals surface area contributed by atoms with Gasteiger partial charge in [-0.25, -0.2) is 17.2 Å². The van der Waals surface area contributed by atoms with Gasteiger partial charge in [-0.3, -0.25) is 10.1 Å². The van der Waals surface area contributed by atoms with E-state index in [1.54, 1.807) is 0 Å². The van der Waals surface area contributed by atoms with Crippen LogP contribution >= 0.6 is 11.3 Å². The van der Waals surface area contributed by atoms with Crippen molar-refractivity contribution >= 4 is 32.2 Å². The summed E-state index contributed by atoms with van der Waals surface area (Å²) in [5.74, 6) is -1.96. The largest absolute Gasteiger partial charge is 0.481 e. The van der Waals surface area contributed by atoms with Crippen molar-refractivity contribution in [3.8, 4) is 5.75 Å². The fourth-order valence-corrected chi connectivity index (χ4v) is 4.58. The molecule has 0 aliphatic heterocycles. The summed E-state index contributed by atoms with van der Waals surface area (Å²) in [6.45, 7) is 1.47. The van der Waals surface area contributed by atoms with Crippen molar-refractivity contribution < 1.29 is 26.7 Å². The summed E-state index contributed by atoms with van der Waals surface area (Å²) in [6, 6.07) is 10.6. The Bertz CT molecular complexity index is 1120. The third kappa shape index (κ3) is 5.33. The minimum Gasteiger partial charge on any atom is -0.481 e. The van der Waals surface area contributed by atoms with Crippen molar-refractivity contribution in [2.45, 2.75) is 23.1 Å².